The lowest BCUT2D eigenvalue weighted by molar-refractivity contribution is -0.140. The molecule has 4 nitrogen and oxygen atoms in total. The first-order valence-corrected chi connectivity index (χ1v) is 7.68. The molecule has 2 aromatic rings. The van der Waals surface area contributed by atoms with Gasteiger partial charge < -0.3 is 5.11 Å². The molecule has 0 amide bonds. The first kappa shape index (κ1) is 17.1. The third-order valence-electron chi connectivity index (χ3n) is 3.02. The monoisotopic (exact) mass is 349 g/mol. The van der Waals surface area contributed by atoms with E-state index in [1.807, 2.05) is 0 Å². The zero-order valence-corrected chi connectivity index (χ0v) is 12.5. The Morgan fingerprint density at radius 3 is 2.26 bits per heavy atom. The van der Waals surface area contributed by atoms with Gasteiger partial charge in [-0.15, -0.1) is 0 Å². The Morgan fingerprint density at radius 1 is 1.09 bits per heavy atom. The van der Waals surface area contributed by atoms with Crippen LogP contribution in [0.4, 0.5) is 23.2 Å². The highest BCUT2D eigenvalue weighted by Gasteiger charge is 2.34. The van der Waals surface area contributed by atoms with Crippen LogP contribution in [0.5, 0.6) is 5.75 Å². The number of hydrogen-bond donors (Lipinski definition) is 2. The van der Waals surface area contributed by atoms with Crippen LogP contribution in [-0.4, -0.2) is 13.5 Å². The number of nitrogens with one attached hydrogen (secondary N) is 1. The summed E-state index contributed by atoms with van der Waals surface area (Å²) in [4.78, 5) is -0.664. The van der Waals surface area contributed by atoms with Crippen LogP contribution in [0.25, 0.3) is 0 Å². The highest BCUT2D eigenvalue weighted by molar-refractivity contribution is 7.92. The molecule has 0 radical (unpaired) electrons. The zero-order valence-electron chi connectivity index (χ0n) is 11.6. The van der Waals surface area contributed by atoms with E-state index in [0.29, 0.717) is 23.8 Å². The summed E-state index contributed by atoms with van der Waals surface area (Å²) in [6.07, 6.45) is -4.91. The molecule has 2 rings (SSSR count). The molecular weight excluding hydrogens is 338 g/mol. The van der Waals surface area contributed by atoms with Gasteiger partial charge in [-0.25, -0.2) is 12.8 Å². The van der Waals surface area contributed by atoms with Gasteiger partial charge in [0.25, 0.3) is 10.0 Å². The van der Waals surface area contributed by atoms with Crippen molar-refractivity contribution < 1.29 is 31.1 Å². The number of benzene rings is 2. The number of sulfonamides is 1. The molecule has 23 heavy (non-hydrogen) atoms. The summed E-state index contributed by atoms with van der Waals surface area (Å²) in [5.41, 5.74) is -1.05. The van der Waals surface area contributed by atoms with E-state index in [2.05, 4.69) is 4.72 Å². The van der Waals surface area contributed by atoms with Crippen molar-refractivity contribution in [2.75, 3.05) is 4.72 Å². The number of rotatable bonds is 3. The van der Waals surface area contributed by atoms with Crippen LogP contribution in [0.1, 0.15) is 11.1 Å². The maximum absolute atomic E-state index is 13.5. The Bertz CT molecular complexity index is 848. The number of phenolic OH excluding ortho intramolecular Hbond substituents is 1. The average Bonchev–Trinajstić information content (AvgIpc) is 2.41. The summed E-state index contributed by atoms with van der Waals surface area (Å²) in [6, 6.07) is 5.24. The molecule has 0 bridgehead atoms. The summed E-state index contributed by atoms with van der Waals surface area (Å²) in [5, 5.41) is 9.52. The van der Waals surface area contributed by atoms with Crippen LogP contribution in [0.2, 0.25) is 0 Å². The van der Waals surface area contributed by atoms with Gasteiger partial charge in [0.1, 0.15) is 11.6 Å². The maximum atomic E-state index is 13.5. The summed E-state index contributed by atoms with van der Waals surface area (Å²) >= 11 is 0. The van der Waals surface area contributed by atoms with Crippen molar-refractivity contribution in [1.29, 1.82) is 0 Å². The first-order valence-electron chi connectivity index (χ1n) is 6.20. The number of aromatic hydroxyl groups is 1. The van der Waals surface area contributed by atoms with Gasteiger partial charge in [0.15, 0.2) is 0 Å². The summed E-state index contributed by atoms with van der Waals surface area (Å²) in [7, 11) is -4.30. The molecule has 0 heterocycles. The number of phenols is 1. The topological polar surface area (TPSA) is 66.4 Å². The Kier molecular flexibility index (Phi) is 4.25. The lowest BCUT2D eigenvalue weighted by Gasteiger charge is -2.12. The van der Waals surface area contributed by atoms with E-state index in [-0.39, 0.29) is 11.4 Å². The summed E-state index contributed by atoms with van der Waals surface area (Å²) in [6.45, 7) is 1.60. The normalized spacial score (nSPS) is 12.2. The molecule has 9 heteroatoms. The molecular formula is C14H11F4NO3S. The third kappa shape index (κ3) is 3.73. The molecule has 0 aromatic heterocycles. The van der Waals surface area contributed by atoms with E-state index in [1.54, 1.807) is 6.92 Å². The van der Waals surface area contributed by atoms with Crippen molar-refractivity contribution in [1.82, 2.24) is 0 Å². The third-order valence-corrected chi connectivity index (χ3v) is 4.40. The summed E-state index contributed by atoms with van der Waals surface area (Å²) < 4.78 is 77.1. The minimum absolute atomic E-state index is 0.00611. The quantitative estimate of drug-likeness (QED) is 0.831. The van der Waals surface area contributed by atoms with Crippen LogP contribution in [0.15, 0.2) is 41.3 Å². The van der Waals surface area contributed by atoms with Gasteiger partial charge in [-0.2, -0.15) is 13.2 Å². The lowest BCUT2D eigenvalue weighted by atomic mass is 10.2. The van der Waals surface area contributed by atoms with Gasteiger partial charge in [0, 0.05) is 6.07 Å². The number of anilines is 1. The minimum Gasteiger partial charge on any atom is -0.508 e. The molecule has 0 unspecified atom stereocenters. The van der Waals surface area contributed by atoms with Crippen LogP contribution >= 0.6 is 0 Å². The largest absolute Gasteiger partial charge is 0.508 e. The second-order valence-corrected chi connectivity index (χ2v) is 6.43. The number of hydrogen-bond acceptors (Lipinski definition) is 3. The standard InChI is InChI=1S/C14H11F4NO3S/c1-8-2-3-9(6-13(8)20)19-23(21,22)10-4-5-11(12(15)7-10)14(16,17)18/h2-7,19-20H,1H3. The Morgan fingerprint density at radius 2 is 1.74 bits per heavy atom. The SMILES string of the molecule is Cc1ccc(NS(=O)(=O)c2ccc(C(F)(F)F)c(F)c2)cc1O. The van der Waals surface area contributed by atoms with Gasteiger partial charge in [-0.05, 0) is 36.8 Å². The Balaban J connectivity index is 2.36. The molecule has 0 aliphatic carbocycles. The van der Waals surface area contributed by atoms with Crippen LogP contribution in [0.3, 0.4) is 0 Å². The molecule has 0 aliphatic heterocycles. The molecule has 0 atom stereocenters. The van der Waals surface area contributed by atoms with Crippen LogP contribution in [0, 0.1) is 12.7 Å². The Hall–Kier alpha value is -2.29. The van der Waals surface area contributed by atoms with Crippen molar-refractivity contribution in [3.8, 4) is 5.75 Å². The maximum Gasteiger partial charge on any atom is 0.419 e. The van der Waals surface area contributed by atoms with E-state index >= 15 is 0 Å². The van der Waals surface area contributed by atoms with Crippen molar-refractivity contribution >= 4 is 15.7 Å². The van der Waals surface area contributed by atoms with Gasteiger partial charge >= 0.3 is 6.18 Å². The average molecular weight is 349 g/mol. The number of alkyl halides is 3. The smallest absolute Gasteiger partial charge is 0.419 e. The van der Waals surface area contributed by atoms with Gasteiger partial charge in [0.05, 0.1) is 16.1 Å². The zero-order chi connectivity index (χ0) is 17.4. The fourth-order valence-electron chi connectivity index (χ4n) is 1.78. The second-order valence-electron chi connectivity index (χ2n) is 4.75. The predicted octanol–water partition coefficient (Wildman–Crippen LogP) is 3.66. The number of aryl methyl sites for hydroxylation is 1. The van der Waals surface area contributed by atoms with Crippen molar-refractivity contribution in [2.45, 2.75) is 18.0 Å². The molecule has 2 N–H and O–H groups in total. The van der Waals surface area contributed by atoms with Gasteiger partial charge in [-0.1, -0.05) is 6.07 Å². The molecule has 124 valence electrons. The lowest BCUT2D eigenvalue weighted by Crippen LogP contribution is -2.15. The first-order chi connectivity index (χ1) is 10.5. The van der Waals surface area contributed by atoms with E-state index in [0.717, 1.165) is 6.07 Å². The fraction of sp³-hybridized carbons (Fsp3) is 0.143. The van der Waals surface area contributed by atoms with Crippen molar-refractivity contribution in [2.24, 2.45) is 0 Å². The van der Waals surface area contributed by atoms with Crippen LogP contribution in [-0.2, 0) is 16.2 Å². The summed E-state index contributed by atoms with van der Waals surface area (Å²) in [5.74, 6) is -1.85. The predicted molar refractivity (Wildman–Crippen MR) is 75.1 cm³/mol. The molecule has 0 saturated heterocycles. The highest BCUT2D eigenvalue weighted by Crippen LogP contribution is 2.32. The molecule has 0 aliphatic rings. The Labute approximate surface area is 129 Å². The van der Waals surface area contributed by atoms with E-state index in [4.69, 9.17) is 0 Å². The second kappa shape index (κ2) is 5.73. The van der Waals surface area contributed by atoms with Crippen molar-refractivity contribution in [3.63, 3.8) is 0 Å². The minimum atomic E-state index is -4.91. The number of halogens is 4. The molecule has 0 saturated carbocycles. The fourth-order valence-corrected chi connectivity index (χ4v) is 2.84. The molecule has 0 fully saturated rings. The molecule has 0 spiro atoms. The van der Waals surface area contributed by atoms with Crippen molar-refractivity contribution in [3.05, 3.63) is 53.3 Å². The van der Waals surface area contributed by atoms with Gasteiger partial charge in [0.2, 0.25) is 0 Å². The molecule has 2 aromatic carbocycles. The van der Waals surface area contributed by atoms with E-state index in [9.17, 15) is 31.1 Å². The highest BCUT2D eigenvalue weighted by atomic mass is 32.2. The van der Waals surface area contributed by atoms with E-state index < -0.39 is 32.5 Å². The van der Waals surface area contributed by atoms with E-state index in [1.165, 1.54) is 12.1 Å². The van der Waals surface area contributed by atoms with Crippen LogP contribution < -0.4 is 4.72 Å². The van der Waals surface area contributed by atoms with Gasteiger partial charge in [-0.3, -0.25) is 4.72 Å².